The third-order valence-corrected chi connectivity index (χ3v) is 3.12. The van der Waals surface area contributed by atoms with E-state index in [0.717, 1.165) is 5.69 Å². The highest BCUT2D eigenvalue weighted by Crippen LogP contribution is 2.28. The largest absolute Gasteiger partial charge is 0.324 e. The average Bonchev–Trinajstić information content (AvgIpc) is 2.56. The van der Waals surface area contributed by atoms with Gasteiger partial charge in [-0.3, -0.25) is 0 Å². The van der Waals surface area contributed by atoms with Crippen LogP contribution in [-0.2, 0) is 0 Å². The fourth-order valence-electron chi connectivity index (χ4n) is 2.08. The summed E-state index contributed by atoms with van der Waals surface area (Å²) >= 11 is 0. The number of anilines is 3. The van der Waals surface area contributed by atoms with Crippen molar-refractivity contribution in [2.24, 2.45) is 5.84 Å². The molecular formula is C16H14FN5. The fourth-order valence-corrected chi connectivity index (χ4v) is 2.08. The third kappa shape index (κ3) is 2.87. The van der Waals surface area contributed by atoms with E-state index in [1.54, 1.807) is 18.2 Å². The summed E-state index contributed by atoms with van der Waals surface area (Å²) in [5.74, 6) is 5.87. The predicted molar refractivity (Wildman–Crippen MR) is 85.0 cm³/mol. The summed E-state index contributed by atoms with van der Waals surface area (Å²) in [6.45, 7) is 0. The average molecular weight is 295 g/mol. The third-order valence-electron chi connectivity index (χ3n) is 3.12. The van der Waals surface area contributed by atoms with Crippen LogP contribution in [0.5, 0.6) is 0 Å². The lowest BCUT2D eigenvalue weighted by Gasteiger charge is -2.11. The van der Waals surface area contributed by atoms with Gasteiger partial charge in [-0.15, -0.1) is 0 Å². The zero-order valence-corrected chi connectivity index (χ0v) is 11.6. The molecule has 0 spiro atoms. The Bertz CT molecular complexity index is 776. The maximum atomic E-state index is 13.9. The molecule has 0 aliphatic heterocycles. The summed E-state index contributed by atoms with van der Waals surface area (Å²) in [6.07, 6.45) is 1.53. The summed E-state index contributed by atoms with van der Waals surface area (Å²) in [4.78, 5) is 8.49. The van der Waals surface area contributed by atoms with Gasteiger partial charge in [0.15, 0.2) is 5.82 Å². The summed E-state index contributed by atoms with van der Waals surface area (Å²) in [5, 5.41) is 3.06. The minimum absolute atomic E-state index is 0.346. The molecule has 110 valence electrons. The quantitative estimate of drug-likeness (QED) is 0.508. The number of nitrogens with one attached hydrogen (secondary N) is 2. The Balaban J connectivity index is 1.96. The van der Waals surface area contributed by atoms with Crippen molar-refractivity contribution in [3.8, 4) is 11.1 Å². The number of rotatable bonds is 4. The molecule has 0 saturated heterocycles. The Kier molecular flexibility index (Phi) is 3.93. The molecule has 2 aromatic carbocycles. The minimum Gasteiger partial charge on any atom is -0.324 e. The van der Waals surface area contributed by atoms with Crippen molar-refractivity contribution in [3.63, 3.8) is 0 Å². The van der Waals surface area contributed by atoms with Gasteiger partial charge in [0.05, 0.1) is 0 Å². The molecule has 22 heavy (non-hydrogen) atoms. The molecule has 0 atom stereocenters. The number of hydrogen-bond acceptors (Lipinski definition) is 5. The predicted octanol–water partition coefficient (Wildman–Crippen LogP) is 3.31. The lowest BCUT2D eigenvalue weighted by Crippen LogP contribution is -2.12. The Morgan fingerprint density at radius 1 is 0.909 bits per heavy atom. The van der Waals surface area contributed by atoms with Crippen LogP contribution in [0.15, 0.2) is 60.8 Å². The van der Waals surface area contributed by atoms with Crippen molar-refractivity contribution in [2.75, 3.05) is 10.7 Å². The van der Waals surface area contributed by atoms with Crippen LogP contribution < -0.4 is 16.6 Å². The van der Waals surface area contributed by atoms with Gasteiger partial charge in [-0.05, 0) is 18.2 Å². The SMILES string of the molecule is NNc1nc(Nc2ccccc2)ncc1-c1ccccc1F. The monoisotopic (exact) mass is 295 g/mol. The molecule has 4 N–H and O–H groups in total. The van der Waals surface area contributed by atoms with Gasteiger partial charge in [0.25, 0.3) is 0 Å². The van der Waals surface area contributed by atoms with Crippen molar-refractivity contribution < 1.29 is 4.39 Å². The lowest BCUT2D eigenvalue weighted by atomic mass is 10.1. The van der Waals surface area contributed by atoms with Gasteiger partial charge in [0.1, 0.15) is 5.82 Å². The molecule has 0 amide bonds. The number of nitrogen functional groups attached to an aromatic ring is 1. The van der Waals surface area contributed by atoms with Crippen molar-refractivity contribution in [2.45, 2.75) is 0 Å². The lowest BCUT2D eigenvalue weighted by molar-refractivity contribution is 0.631. The molecule has 5 nitrogen and oxygen atoms in total. The number of halogens is 1. The second-order valence-corrected chi connectivity index (χ2v) is 4.57. The van der Waals surface area contributed by atoms with Gasteiger partial charge < -0.3 is 10.7 Å². The van der Waals surface area contributed by atoms with Gasteiger partial charge in [-0.25, -0.2) is 15.2 Å². The molecule has 0 fully saturated rings. The van der Waals surface area contributed by atoms with E-state index in [1.165, 1.54) is 12.3 Å². The number of para-hydroxylation sites is 1. The summed E-state index contributed by atoms with van der Waals surface area (Å²) < 4.78 is 13.9. The molecule has 0 unspecified atom stereocenters. The standard InChI is InChI=1S/C16H14FN5/c17-14-9-5-4-8-12(14)13-10-19-16(21-15(13)22-18)20-11-6-2-1-3-7-11/h1-10H,18H2,(H2,19,20,21,22). The Morgan fingerprint density at radius 3 is 2.36 bits per heavy atom. The second-order valence-electron chi connectivity index (χ2n) is 4.57. The first kappa shape index (κ1) is 14.0. The molecule has 0 radical (unpaired) electrons. The van der Waals surface area contributed by atoms with Gasteiger partial charge in [0, 0.05) is 23.0 Å². The van der Waals surface area contributed by atoms with E-state index < -0.39 is 0 Å². The van der Waals surface area contributed by atoms with E-state index in [1.807, 2.05) is 30.3 Å². The summed E-state index contributed by atoms with van der Waals surface area (Å²) in [5.41, 5.74) is 4.23. The van der Waals surface area contributed by atoms with Crippen LogP contribution in [0, 0.1) is 5.82 Å². The van der Waals surface area contributed by atoms with Crippen LogP contribution in [0.1, 0.15) is 0 Å². The first-order chi connectivity index (χ1) is 10.8. The Labute approximate surface area is 127 Å². The van der Waals surface area contributed by atoms with Crippen molar-refractivity contribution >= 4 is 17.5 Å². The summed E-state index contributed by atoms with van der Waals surface area (Å²) in [6, 6.07) is 15.9. The number of nitrogens with two attached hydrogens (primary N) is 1. The normalized spacial score (nSPS) is 10.3. The molecule has 0 saturated carbocycles. The van der Waals surface area contributed by atoms with Gasteiger partial charge >= 0.3 is 0 Å². The van der Waals surface area contributed by atoms with Crippen molar-refractivity contribution in [1.29, 1.82) is 0 Å². The molecule has 0 aliphatic rings. The molecule has 0 bridgehead atoms. The van der Waals surface area contributed by atoms with Crippen LogP contribution in [0.4, 0.5) is 21.8 Å². The van der Waals surface area contributed by atoms with Crippen LogP contribution in [0.25, 0.3) is 11.1 Å². The fraction of sp³-hybridized carbons (Fsp3) is 0. The van der Waals surface area contributed by atoms with Gasteiger partial charge in [-0.1, -0.05) is 36.4 Å². The molecule has 3 aromatic rings. The Hall–Kier alpha value is -2.99. The van der Waals surface area contributed by atoms with Crippen LogP contribution in [0.2, 0.25) is 0 Å². The number of aromatic nitrogens is 2. The minimum atomic E-state index is -0.355. The molecule has 1 aromatic heterocycles. The van der Waals surface area contributed by atoms with Crippen LogP contribution in [0.3, 0.4) is 0 Å². The number of nitrogens with zero attached hydrogens (tertiary/aromatic N) is 2. The Morgan fingerprint density at radius 2 is 1.64 bits per heavy atom. The van der Waals surface area contributed by atoms with E-state index in [4.69, 9.17) is 5.84 Å². The highest BCUT2D eigenvalue weighted by atomic mass is 19.1. The van der Waals surface area contributed by atoms with Gasteiger partial charge in [-0.2, -0.15) is 4.98 Å². The van der Waals surface area contributed by atoms with Gasteiger partial charge in [0.2, 0.25) is 5.95 Å². The zero-order chi connectivity index (χ0) is 15.4. The van der Waals surface area contributed by atoms with Crippen molar-refractivity contribution in [1.82, 2.24) is 9.97 Å². The maximum Gasteiger partial charge on any atom is 0.229 e. The van der Waals surface area contributed by atoms with E-state index in [9.17, 15) is 4.39 Å². The first-order valence-electron chi connectivity index (χ1n) is 6.68. The highest BCUT2D eigenvalue weighted by molar-refractivity contribution is 5.75. The van der Waals surface area contributed by atoms with Crippen LogP contribution >= 0.6 is 0 Å². The van der Waals surface area contributed by atoms with E-state index >= 15 is 0 Å². The first-order valence-corrected chi connectivity index (χ1v) is 6.68. The van der Waals surface area contributed by atoms with Crippen molar-refractivity contribution in [3.05, 3.63) is 66.6 Å². The topological polar surface area (TPSA) is 75.9 Å². The molecule has 0 aliphatic carbocycles. The maximum absolute atomic E-state index is 13.9. The zero-order valence-electron chi connectivity index (χ0n) is 11.6. The van der Waals surface area contributed by atoms with Crippen LogP contribution in [-0.4, -0.2) is 9.97 Å². The number of hydrazine groups is 1. The molecule has 3 rings (SSSR count). The molecular weight excluding hydrogens is 281 g/mol. The summed E-state index contributed by atoms with van der Waals surface area (Å²) in [7, 11) is 0. The highest BCUT2D eigenvalue weighted by Gasteiger charge is 2.12. The molecule has 6 heteroatoms. The van der Waals surface area contributed by atoms with E-state index in [2.05, 4.69) is 20.7 Å². The number of benzene rings is 2. The van der Waals surface area contributed by atoms with E-state index in [0.29, 0.717) is 22.9 Å². The second kappa shape index (κ2) is 6.19. The molecule has 1 heterocycles. The smallest absolute Gasteiger partial charge is 0.229 e. The van der Waals surface area contributed by atoms with E-state index in [-0.39, 0.29) is 5.82 Å². The number of hydrogen-bond donors (Lipinski definition) is 3.